The zero-order chi connectivity index (χ0) is 19.5. The summed E-state index contributed by atoms with van der Waals surface area (Å²) in [6.45, 7) is 2.60. The number of nitrogens with zero attached hydrogens (tertiary/aromatic N) is 5. The highest BCUT2D eigenvalue weighted by Crippen LogP contribution is 2.42. The first-order chi connectivity index (χ1) is 13.4. The van der Waals surface area contributed by atoms with E-state index in [0.717, 1.165) is 29.4 Å². The van der Waals surface area contributed by atoms with Crippen molar-refractivity contribution in [3.63, 3.8) is 0 Å². The third-order valence-electron chi connectivity index (χ3n) is 6.38. The molecular weight excluding hydrogens is 354 g/mol. The van der Waals surface area contributed by atoms with Gasteiger partial charge in [-0.3, -0.25) is 14.5 Å². The van der Waals surface area contributed by atoms with Crippen molar-refractivity contribution in [2.45, 2.75) is 56.8 Å². The number of amides is 1. The van der Waals surface area contributed by atoms with Crippen molar-refractivity contribution in [1.29, 1.82) is 0 Å². The minimum Gasteiger partial charge on any atom is -0.388 e. The predicted octanol–water partition coefficient (Wildman–Crippen LogP) is 2.28. The smallest absolute Gasteiger partial charge is 0.274 e. The monoisotopic (exact) mass is 379 g/mol. The van der Waals surface area contributed by atoms with E-state index in [0.29, 0.717) is 25.1 Å². The van der Waals surface area contributed by atoms with Crippen LogP contribution in [0, 0.1) is 6.92 Å². The Labute approximate surface area is 163 Å². The molecule has 5 rings (SSSR count). The lowest BCUT2D eigenvalue weighted by Gasteiger charge is -2.44. The first-order valence-electron chi connectivity index (χ1n) is 9.88. The van der Waals surface area contributed by atoms with Crippen LogP contribution in [-0.2, 0) is 13.6 Å². The summed E-state index contributed by atoms with van der Waals surface area (Å²) >= 11 is 0. The maximum atomic E-state index is 13.0. The Morgan fingerprint density at radius 1 is 1.29 bits per heavy atom. The fourth-order valence-corrected chi connectivity index (χ4v) is 5.19. The number of aromatic nitrogens is 4. The van der Waals surface area contributed by atoms with Gasteiger partial charge in [0, 0.05) is 42.6 Å². The molecule has 2 bridgehead atoms. The van der Waals surface area contributed by atoms with Gasteiger partial charge >= 0.3 is 0 Å². The molecule has 1 N–H and O–H groups in total. The van der Waals surface area contributed by atoms with Crippen LogP contribution >= 0.6 is 0 Å². The summed E-state index contributed by atoms with van der Waals surface area (Å²) in [7, 11) is 1.82. The highest BCUT2D eigenvalue weighted by Gasteiger charge is 2.50. The first kappa shape index (κ1) is 17.4. The molecular formula is C21H25N5O2. The largest absolute Gasteiger partial charge is 0.388 e. The second-order valence-electron chi connectivity index (χ2n) is 8.41. The molecule has 7 heteroatoms. The van der Waals surface area contributed by atoms with Crippen LogP contribution in [0.3, 0.4) is 0 Å². The Balaban J connectivity index is 1.40. The molecule has 7 nitrogen and oxygen atoms in total. The van der Waals surface area contributed by atoms with Crippen molar-refractivity contribution >= 4 is 16.8 Å². The lowest BCUT2D eigenvalue weighted by molar-refractivity contribution is -0.0537. The number of hydrogen-bond donors (Lipinski definition) is 1. The van der Waals surface area contributed by atoms with Crippen molar-refractivity contribution in [2.24, 2.45) is 7.05 Å². The molecule has 2 aliphatic rings. The van der Waals surface area contributed by atoms with Gasteiger partial charge in [0.2, 0.25) is 0 Å². The number of aryl methyl sites for hydroxylation is 2. The molecule has 2 fully saturated rings. The number of fused-ring (bicyclic) bond motifs is 3. The average molecular weight is 379 g/mol. The summed E-state index contributed by atoms with van der Waals surface area (Å²) in [5, 5.41) is 16.9. The summed E-state index contributed by atoms with van der Waals surface area (Å²) in [4.78, 5) is 19.2. The number of hydrogen-bond acceptors (Lipinski definition) is 4. The highest BCUT2D eigenvalue weighted by molar-refractivity contribution is 5.93. The van der Waals surface area contributed by atoms with Gasteiger partial charge in [0.15, 0.2) is 0 Å². The second-order valence-corrected chi connectivity index (χ2v) is 8.41. The second kappa shape index (κ2) is 6.17. The molecule has 1 amide bonds. The van der Waals surface area contributed by atoms with Gasteiger partial charge in [0.05, 0.1) is 23.9 Å². The number of pyridine rings is 1. The molecule has 5 heterocycles. The standard InChI is InChI=1S/C21H25N5O2/c1-14-9-15-5-7-22-12-19(15)25(14)13-21(28)10-16-3-4-17(11-21)26(16)20(27)18-6-8-24(2)23-18/h5-9,12,16-17,28H,3-4,10-11,13H2,1-2H3. The molecule has 2 saturated heterocycles. The Morgan fingerprint density at radius 3 is 2.71 bits per heavy atom. The highest BCUT2D eigenvalue weighted by atomic mass is 16.3. The molecule has 28 heavy (non-hydrogen) atoms. The molecule has 2 atom stereocenters. The number of carbonyl (C=O) groups is 1. The zero-order valence-electron chi connectivity index (χ0n) is 16.2. The average Bonchev–Trinajstić information content (AvgIpc) is 3.30. The number of rotatable bonds is 3. The normalized spacial score (nSPS) is 26.9. The van der Waals surface area contributed by atoms with Crippen LogP contribution in [-0.4, -0.2) is 52.9 Å². The van der Waals surface area contributed by atoms with E-state index in [4.69, 9.17) is 0 Å². The Kier molecular flexibility index (Phi) is 3.84. The van der Waals surface area contributed by atoms with Crippen molar-refractivity contribution in [3.8, 4) is 0 Å². The van der Waals surface area contributed by atoms with Crippen LogP contribution in [0.5, 0.6) is 0 Å². The topological polar surface area (TPSA) is 76.2 Å². The lowest BCUT2D eigenvalue weighted by atomic mass is 9.85. The number of aliphatic hydroxyl groups is 1. The van der Waals surface area contributed by atoms with Gasteiger partial charge in [0.1, 0.15) is 5.69 Å². The molecule has 0 saturated carbocycles. The molecule has 0 spiro atoms. The van der Waals surface area contributed by atoms with E-state index < -0.39 is 5.60 Å². The molecule has 0 radical (unpaired) electrons. The van der Waals surface area contributed by atoms with Gasteiger partial charge in [-0.2, -0.15) is 5.10 Å². The summed E-state index contributed by atoms with van der Waals surface area (Å²) < 4.78 is 3.82. The Hall–Kier alpha value is -2.67. The molecule has 146 valence electrons. The lowest BCUT2D eigenvalue weighted by Crippen LogP contribution is -2.54. The molecule has 3 aromatic heterocycles. The van der Waals surface area contributed by atoms with Crippen molar-refractivity contribution in [3.05, 3.63) is 48.2 Å². The molecule has 3 aromatic rings. The van der Waals surface area contributed by atoms with Crippen LogP contribution in [0.25, 0.3) is 10.9 Å². The number of piperidine rings is 1. The molecule has 2 aliphatic heterocycles. The van der Waals surface area contributed by atoms with E-state index in [9.17, 15) is 9.90 Å². The summed E-state index contributed by atoms with van der Waals surface area (Å²) in [5.41, 5.74) is 1.84. The SMILES string of the molecule is Cc1cc2ccncc2n1CC1(O)CC2CCC(C1)N2C(=O)c1ccn(C)n1. The van der Waals surface area contributed by atoms with Gasteiger partial charge in [-0.1, -0.05) is 0 Å². The minimum atomic E-state index is -0.820. The quantitative estimate of drug-likeness (QED) is 0.757. The first-order valence-corrected chi connectivity index (χ1v) is 9.88. The Morgan fingerprint density at radius 2 is 2.04 bits per heavy atom. The van der Waals surface area contributed by atoms with Crippen molar-refractivity contribution in [1.82, 2.24) is 24.2 Å². The van der Waals surface area contributed by atoms with Crippen LogP contribution in [0.15, 0.2) is 36.8 Å². The Bertz CT molecular complexity index is 1040. The van der Waals surface area contributed by atoms with E-state index in [2.05, 4.69) is 27.6 Å². The van der Waals surface area contributed by atoms with Crippen LogP contribution < -0.4 is 0 Å². The molecule has 0 aromatic carbocycles. The van der Waals surface area contributed by atoms with Gasteiger partial charge in [-0.25, -0.2) is 0 Å². The molecule has 0 aliphatic carbocycles. The predicted molar refractivity (Wildman–Crippen MR) is 105 cm³/mol. The van der Waals surface area contributed by atoms with Gasteiger partial charge < -0.3 is 14.6 Å². The van der Waals surface area contributed by atoms with Crippen LogP contribution in [0.1, 0.15) is 41.9 Å². The zero-order valence-corrected chi connectivity index (χ0v) is 16.2. The third kappa shape index (κ3) is 2.73. The molecule has 2 unspecified atom stereocenters. The maximum Gasteiger partial charge on any atom is 0.274 e. The minimum absolute atomic E-state index is 0.0121. The van der Waals surface area contributed by atoms with E-state index >= 15 is 0 Å². The van der Waals surface area contributed by atoms with E-state index in [1.165, 1.54) is 0 Å². The van der Waals surface area contributed by atoms with Crippen LogP contribution in [0.4, 0.5) is 0 Å². The van der Waals surface area contributed by atoms with E-state index in [1.807, 2.05) is 24.2 Å². The van der Waals surface area contributed by atoms with E-state index in [-0.39, 0.29) is 18.0 Å². The fraction of sp³-hybridized carbons (Fsp3) is 0.476. The summed E-state index contributed by atoms with van der Waals surface area (Å²) in [5.74, 6) is -0.0121. The summed E-state index contributed by atoms with van der Waals surface area (Å²) in [6, 6.07) is 6.04. The fourth-order valence-electron chi connectivity index (χ4n) is 5.19. The van der Waals surface area contributed by atoms with E-state index in [1.54, 1.807) is 23.1 Å². The summed E-state index contributed by atoms with van der Waals surface area (Å²) in [6.07, 6.45) is 8.53. The third-order valence-corrected chi connectivity index (χ3v) is 6.38. The maximum absolute atomic E-state index is 13.0. The van der Waals surface area contributed by atoms with Crippen molar-refractivity contribution in [2.75, 3.05) is 0 Å². The van der Waals surface area contributed by atoms with Gasteiger partial charge in [-0.15, -0.1) is 0 Å². The van der Waals surface area contributed by atoms with Crippen LogP contribution in [0.2, 0.25) is 0 Å². The van der Waals surface area contributed by atoms with Gasteiger partial charge in [-0.05, 0) is 50.8 Å². The number of carbonyl (C=O) groups excluding carboxylic acids is 1. The van der Waals surface area contributed by atoms with Crippen molar-refractivity contribution < 1.29 is 9.90 Å². The van der Waals surface area contributed by atoms with Gasteiger partial charge in [0.25, 0.3) is 5.91 Å².